The Labute approximate surface area is 113 Å². The van der Waals surface area contributed by atoms with E-state index in [0.717, 1.165) is 17.4 Å². The summed E-state index contributed by atoms with van der Waals surface area (Å²) in [6, 6.07) is 6.34. The third-order valence-corrected chi connectivity index (χ3v) is 3.54. The predicted octanol–water partition coefficient (Wildman–Crippen LogP) is 3.25. The van der Waals surface area contributed by atoms with Gasteiger partial charge in [-0.3, -0.25) is 0 Å². The smallest absolute Gasteiger partial charge is 0.0667 e. The van der Waals surface area contributed by atoms with E-state index in [1.165, 1.54) is 11.1 Å². The average molecular weight is 300 g/mol. The molecule has 2 nitrogen and oxygen atoms in total. The van der Waals surface area contributed by atoms with Gasteiger partial charge in [0, 0.05) is 17.6 Å². The molecule has 2 N–H and O–H groups in total. The number of aryl methyl sites for hydroxylation is 1. The van der Waals surface area contributed by atoms with Crippen molar-refractivity contribution in [2.24, 2.45) is 5.92 Å². The van der Waals surface area contributed by atoms with Crippen molar-refractivity contribution < 1.29 is 5.11 Å². The monoisotopic (exact) mass is 299 g/mol. The number of hydrogen-bond donors (Lipinski definition) is 2. The molecule has 96 valence electrons. The topological polar surface area (TPSA) is 32.3 Å². The maximum absolute atomic E-state index is 9.72. The van der Waals surface area contributed by atoms with E-state index in [1.54, 1.807) is 0 Å². The van der Waals surface area contributed by atoms with Crippen LogP contribution in [0.5, 0.6) is 0 Å². The largest absolute Gasteiger partial charge is 0.392 e. The van der Waals surface area contributed by atoms with Crippen LogP contribution in [-0.4, -0.2) is 17.8 Å². The van der Waals surface area contributed by atoms with Crippen LogP contribution in [0, 0.1) is 12.8 Å². The van der Waals surface area contributed by atoms with Gasteiger partial charge < -0.3 is 10.4 Å². The molecule has 1 aromatic rings. The number of nitrogens with one attached hydrogen (secondary N) is 1. The van der Waals surface area contributed by atoms with E-state index >= 15 is 0 Å². The van der Waals surface area contributed by atoms with Crippen molar-refractivity contribution in [2.75, 3.05) is 6.54 Å². The van der Waals surface area contributed by atoms with Crippen LogP contribution >= 0.6 is 15.9 Å². The molecular weight excluding hydrogens is 278 g/mol. The first-order valence-corrected chi connectivity index (χ1v) is 6.92. The Morgan fingerprint density at radius 2 is 2.06 bits per heavy atom. The normalized spacial score (nSPS) is 13.1. The molecule has 3 heteroatoms. The standard InChI is InChI=1S/C14H22BrNO/c1-10(2)6-13(17)9-16-8-12-5-4-11(3)14(15)7-12/h4-5,7,10,13,16-17H,6,8-9H2,1-3H3. The van der Waals surface area contributed by atoms with Gasteiger partial charge in [0.2, 0.25) is 0 Å². The van der Waals surface area contributed by atoms with Gasteiger partial charge >= 0.3 is 0 Å². The summed E-state index contributed by atoms with van der Waals surface area (Å²) in [4.78, 5) is 0. The third kappa shape index (κ3) is 5.66. The van der Waals surface area contributed by atoms with Crippen LogP contribution in [0.1, 0.15) is 31.4 Å². The second kappa shape index (κ2) is 7.14. The highest BCUT2D eigenvalue weighted by Crippen LogP contribution is 2.17. The van der Waals surface area contributed by atoms with Crippen molar-refractivity contribution >= 4 is 15.9 Å². The molecule has 1 atom stereocenters. The number of aliphatic hydroxyl groups is 1. The summed E-state index contributed by atoms with van der Waals surface area (Å²) < 4.78 is 1.14. The summed E-state index contributed by atoms with van der Waals surface area (Å²) in [7, 11) is 0. The zero-order chi connectivity index (χ0) is 12.8. The average Bonchev–Trinajstić information content (AvgIpc) is 2.22. The van der Waals surface area contributed by atoms with Gasteiger partial charge in [-0.1, -0.05) is 41.9 Å². The first kappa shape index (κ1) is 14.7. The van der Waals surface area contributed by atoms with Crippen molar-refractivity contribution in [3.05, 3.63) is 33.8 Å². The summed E-state index contributed by atoms with van der Waals surface area (Å²) in [6.45, 7) is 7.78. The van der Waals surface area contributed by atoms with Gasteiger partial charge in [-0.05, 0) is 36.5 Å². The maximum atomic E-state index is 9.72. The predicted molar refractivity (Wildman–Crippen MR) is 76.0 cm³/mol. The second-order valence-corrected chi connectivity index (χ2v) is 5.85. The Hall–Kier alpha value is -0.380. The molecule has 1 unspecified atom stereocenters. The van der Waals surface area contributed by atoms with Crippen LogP contribution in [0.4, 0.5) is 0 Å². The minimum atomic E-state index is -0.246. The van der Waals surface area contributed by atoms with Crippen LogP contribution in [0.2, 0.25) is 0 Å². The number of hydrogen-bond acceptors (Lipinski definition) is 2. The zero-order valence-electron chi connectivity index (χ0n) is 10.8. The van der Waals surface area contributed by atoms with Crippen LogP contribution in [0.3, 0.4) is 0 Å². The lowest BCUT2D eigenvalue weighted by Crippen LogP contribution is -2.27. The van der Waals surface area contributed by atoms with E-state index in [0.29, 0.717) is 12.5 Å². The highest BCUT2D eigenvalue weighted by atomic mass is 79.9. The summed E-state index contributed by atoms with van der Waals surface area (Å²) in [6.07, 6.45) is 0.605. The fourth-order valence-corrected chi connectivity index (χ4v) is 2.18. The lowest BCUT2D eigenvalue weighted by molar-refractivity contribution is 0.146. The zero-order valence-corrected chi connectivity index (χ0v) is 12.4. The highest BCUT2D eigenvalue weighted by molar-refractivity contribution is 9.10. The molecule has 17 heavy (non-hydrogen) atoms. The van der Waals surface area contributed by atoms with E-state index in [-0.39, 0.29) is 6.10 Å². The molecule has 0 saturated heterocycles. The van der Waals surface area contributed by atoms with Gasteiger partial charge in [-0.25, -0.2) is 0 Å². The van der Waals surface area contributed by atoms with Gasteiger partial charge in [-0.15, -0.1) is 0 Å². The molecule has 0 aliphatic heterocycles. The molecule has 0 aromatic heterocycles. The van der Waals surface area contributed by atoms with Crippen molar-refractivity contribution in [1.82, 2.24) is 5.32 Å². The second-order valence-electron chi connectivity index (χ2n) is 5.00. The van der Waals surface area contributed by atoms with E-state index < -0.39 is 0 Å². The molecule has 0 saturated carbocycles. The molecular formula is C14H22BrNO. The van der Waals surface area contributed by atoms with E-state index in [9.17, 15) is 5.11 Å². The Kier molecular flexibility index (Phi) is 6.17. The lowest BCUT2D eigenvalue weighted by atomic mass is 10.1. The van der Waals surface area contributed by atoms with Crippen LogP contribution < -0.4 is 5.32 Å². The van der Waals surface area contributed by atoms with Gasteiger partial charge in [-0.2, -0.15) is 0 Å². The Bertz CT molecular complexity index is 352. The van der Waals surface area contributed by atoms with Gasteiger partial charge in [0.1, 0.15) is 0 Å². The fourth-order valence-electron chi connectivity index (χ4n) is 1.76. The SMILES string of the molecule is Cc1ccc(CNCC(O)CC(C)C)cc1Br. The Morgan fingerprint density at radius 3 is 2.65 bits per heavy atom. The molecule has 0 aliphatic rings. The minimum Gasteiger partial charge on any atom is -0.392 e. The van der Waals surface area contributed by atoms with E-state index in [4.69, 9.17) is 0 Å². The summed E-state index contributed by atoms with van der Waals surface area (Å²) in [5, 5.41) is 13.0. The van der Waals surface area contributed by atoms with Crippen molar-refractivity contribution in [2.45, 2.75) is 39.8 Å². The molecule has 0 radical (unpaired) electrons. The molecule has 0 aliphatic carbocycles. The molecule has 0 heterocycles. The van der Waals surface area contributed by atoms with Crippen molar-refractivity contribution in [1.29, 1.82) is 0 Å². The molecule has 0 amide bonds. The van der Waals surface area contributed by atoms with E-state index in [2.05, 4.69) is 60.2 Å². The van der Waals surface area contributed by atoms with E-state index in [1.807, 2.05) is 0 Å². The molecule has 0 bridgehead atoms. The van der Waals surface area contributed by atoms with Crippen molar-refractivity contribution in [3.8, 4) is 0 Å². The van der Waals surface area contributed by atoms with Gasteiger partial charge in [0.05, 0.1) is 6.10 Å². The first-order valence-electron chi connectivity index (χ1n) is 6.13. The number of rotatable bonds is 6. The number of aliphatic hydroxyl groups excluding tert-OH is 1. The molecule has 0 fully saturated rings. The first-order chi connectivity index (χ1) is 7.99. The third-order valence-electron chi connectivity index (χ3n) is 2.69. The number of benzene rings is 1. The van der Waals surface area contributed by atoms with Crippen LogP contribution in [0.15, 0.2) is 22.7 Å². The summed E-state index contributed by atoms with van der Waals surface area (Å²) in [5.41, 5.74) is 2.48. The molecule has 0 spiro atoms. The number of halogens is 1. The lowest BCUT2D eigenvalue weighted by Gasteiger charge is -2.14. The van der Waals surface area contributed by atoms with Gasteiger partial charge in [0.25, 0.3) is 0 Å². The minimum absolute atomic E-state index is 0.246. The molecule has 1 rings (SSSR count). The molecule has 1 aromatic carbocycles. The van der Waals surface area contributed by atoms with Crippen LogP contribution in [0.25, 0.3) is 0 Å². The highest BCUT2D eigenvalue weighted by Gasteiger charge is 2.06. The Morgan fingerprint density at radius 1 is 1.35 bits per heavy atom. The summed E-state index contributed by atoms with van der Waals surface area (Å²) in [5.74, 6) is 0.542. The maximum Gasteiger partial charge on any atom is 0.0667 e. The van der Waals surface area contributed by atoms with Crippen molar-refractivity contribution in [3.63, 3.8) is 0 Å². The Balaban J connectivity index is 2.33. The van der Waals surface area contributed by atoms with Gasteiger partial charge in [0.15, 0.2) is 0 Å². The fraction of sp³-hybridized carbons (Fsp3) is 0.571. The van der Waals surface area contributed by atoms with Crippen LogP contribution in [-0.2, 0) is 6.54 Å². The summed E-state index contributed by atoms with van der Waals surface area (Å²) >= 11 is 3.52. The quantitative estimate of drug-likeness (QED) is 0.845.